The van der Waals surface area contributed by atoms with Crippen molar-refractivity contribution in [3.63, 3.8) is 0 Å². The Kier molecular flexibility index (Phi) is 5.73. The average Bonchev–Trinajstić information content (AvgIpc) is 2.69. The van der Waals surface area contributed by atoms with Crippen molar-refractivity contribution < 1.29 is 14.3 Å². The second-order valence-corrected chi connectivity index (χ2v) is 5.98. The third kappa shape index (κ3) is 4.33. The predicted molar refractivity (Wildman–Crippen MR) is 98.8 cm³/mol. The maximum absolute atomic E-state index is 12.4. The van der Waals surface area contributed by atoms with Gasteiger partial charge in [-0.3, -0.25) is 0 Å². The molecule has 2 heterocycles. The number of anilines is 2. The number of carbonyl (C=O) groups is 1. The first kappa shape index (κ1) is 17.8. The smallest absolute Gasteiger partial charge is 0.321 e. The van der Waals surface area contributed by atoms with Gasteiger partial charge in [-0.05, 0) is 37.1 Å². The first-order chi connectivity index (χ1) is 12.7. The summed E-state index contributed by atoms with van der Waals surface area (Å²) in [6, 6.07) is 7.42. The number of benzene rings is 1. The number of carbonyl (C=O) groups excluding carboxylic acids is 1. The minimum atomic E-state index is -0.0919. The highest BCUT2D eigenvalue weighted by Gasteiger charge is 2.24. The Morgan fingerprint density at radius 2 is 1.77 bits per heavy atom. The second-order valence-electron chi connectivity index (χ2n) is 5.98. The molecule has 1 saturated heterocycles. The minimum Gasteiger partial charge on any atom is -0.497 e. The van der Waals surface area contributed by atoms with E-state index in [-0.39, 0.29) is 12.1 Å². The Labute approximate surface area is 152 Å². The van der Waals surface area contributed by atoms with Crippen LogP contribution in [0.2, 0.25) is 0 Å². The molecule has 1 fully saturated rings. The summed E-state index contributed by atoms with van der Waals surface area (Å²) in [4.78, 5) is 22.6. The highest BCUT2D eigenvalue weighted by molar-refractivity contribution is 5.89. The summed E-state index contributed by atoms with van der Waals surface area (Å²) in [6.07, 6.45) is 4.88. The number of methoxy groups -OCH3 is 2. The fraction of sp³-hybridized carbons (Fsp3) is 0.389. The van der Waals surface area contributed by atoms with E-state index < -0.39 is 0 Å². The molecule has 0 aliphatic carbocycles. The van der Waals surface area contributed by atoms with Crippen LogP contribution in [0.25, 0.3) is 0 Å². The van der Waals surface area contributed by atoms with Crippen LogP contribution < -0.4 is 20.1 Å². The molecule has 138 valence electrons. The summed E-state index contributed by atoms with van der Waals surface area (Å²) in [5.74, 6) is 1.87. The first-order valence-electron chi connectivity index (χ1n) is 8.51. The number of nitrogens with zero attached hydrogens (tertiary/aromatic N) is 3. The monoisotopic (exact) mass is 357 g/mol. The quantitative estimate of drug-likeness (QED) is 0.855. The zero-order chi connectivity index (χ0) is 18.4. The van der Waals surface area contributed by atoms with Crippen molar-refractivity contribution in [3.05, 3.63) is 36.7 Å². The summed E-state index contributed by atoms with van der Waals surface area (Å²) in [5.41, 5.74) is 0.750. The van der Waals surface area contributed by atoms with Gasteiger partial charge in [0.15, 0.2) is 5.82 Å². The number of urea groups is 1. The van der Waals surface area contributed by atoms with Crippen LogP contribution in [0.15, 0.2) is 36.7 Å². The SMILES string of the molecule is COc1ccc(NC(=O)N2CCC(Nc3nccnc3OC)CC2)cc1. The third-order valence-electron chi connectivity index (χ3n) is 4.32. The van der Waals surface area contributed by atoms with Crippen molar-refractivity contribution in [3.8, 4) is 11.6 Å². The number of amides is 2. The largest absolute Gasteiger partial charge is 0.497 e. The number of ether oxygens (including phenoxy) is 2. The van der Waals surface area contributed by atoms with E-state index in [9.17, 15) is 4.79 Å². The van der Waals surface area contributed by atoms with Crippen LogP contribution in [0.4, 0.5) is 16.3 Å². The lowest BCUT2D eigenvalue weighted by Gasteiger charge is -2.32. The molecule has 0 spiro atoms. The molecule has 3 rings (SSSR count). The Balaban J connectivity index is 1.50. The van der Waals surface area contributed by atoms with Crippen LogP contribution in [0, 0.1) is 0 Å². The maximum atomic E-state index is 12.4. The van der Waals surface area contributed by atoms with Crippen LogP contribution in [0.5, 0.6) is 11.6 Å². The van der Waals surface area contributed by atoms with E-state index in [4.69, 9.17) is 9.47 Å². The molecule has 2 amide bonds. The maximum Gasteiger partial charge on any atom is 0.321 e. The van der Waals surface area contributed by atoms with E-state index in [1.54, 1.807) is 26.6 Å². The predicted octanol–water partition coefficient (Wildman–Crippen LogP) is 2.60. The molecule has 0 atom stereocenters. The van der Waals surface area contributed by atoms with Crippen molar-refractivity contribution in [2.45, 2.75) is 18.9 Å². The molecule has 0 bridgehead atoms. The zero-order valence-corrected chi connectivity index (χ0v) is 14.9. The number of hydrogen-bond acceptors (Lipinski definition) is 6. The van der Waals surface area contributed by atoms with Crippen molar-refractivity contribution in [1.82, 2.24) is 14.9 Å². The molecule has 8 heteroatoms. The molecule has 1 aromatic heterocycles. The lowest BCUT2D eigenvalue weighted by atomic mass is 10.1. The Bertz CT molecular complexity index is 730. The van der Waals surface area contributed by atoms with Crippen LogP contribution in [0.3, 0.4) is 0 Å². The van der Waals surface area contributed by atoms with E-state index in [0.29, 0.717) is 24.8 Å². The minimum absolute atomic E-state index is 0.0919. The van der Waals surface area contributed by atoms with E-state index in [1.807, 2.05) is 29.2 Å². The fourth-order valence-electron chi connectivity index (χ4n) is 2.87. The van der Waals surface area contributed by atoms with E-state index in [0.717, 1.165) is 24.3 Å². The van der Waals surface area contributed by atoms with Crippen LogP contribution in [-0.2, 0) is 0 Å². The van der Waals surface area contributed by atoms with E-state index in [1.165, 1.54) is 0 Å². The van der Waals surface area contributed by atoms with Gasteiger partial charge in [-0.25, -0.2) is 14.8 Å². The van der Waals surface area contributed by atoms with Gasteiger partial charge >= 0.3 is 6.03 Å². The standard InChI is InChI=1S/C18H23N5O3/c1-25-15-5-3-13(4-6-15)22-18(24)23-11-7-14(8-12-23)21-16-17(26-2)20-10-9-19-16/h3-6,9-10,14H,7-8,11-12H2,1-2H3,(H,19,21)(H,22,24). The van der Waals surface area contributed by atoms with Crippen molar-refractivity contribution in [2.75, 3.05) is 37.9 Å². The van der Waals surface area contributed by atoms with Gasteiger partial charge in [0.25, 0.3) is 5.88 Å². The summed E-state index contributed by atoms with van der Waals surface area (Å²) < 4.78 is 10.3. The fourth-order valence-corrected chi connectivity index (χ4v) is 2.87. The number of hydrogen-bond donors (Lipinski definition) is 2. The highest BCUT2D eigenvalue weighted by atomic mass is 16.5. The van der Waals surface area contributed by atoms with Crippen LogP contribution in [0.1, 0.15) is 12.8 Å². The number of aromatic nitrogens is 2. The second kappa shape index (κ2) is 8.37. The van der Waals surface area contributed by atoms with Gasteiger partial charge in [0.2, 0.25) is 0 Å². The van der Waals surface area contributed by atoms with Gasteiger partial charge in [-0.2, -0.15) is 0 Å². The highest BCUT2D eigenvalue weighted by Crippen LogP contribution is 2.22. The van der Waals surface area contributed by atoms with Crippen molar-refractivity contribution in [1.29, 1.82) is 0 Å². The Hall–Kier alpha value is -3.03. The molecule has 1 aliphatic heterocycles. The molecular formula is C18H23N5O3. The third-order valence-corrected chi connectivity index (χ3v) is 4.32. The normalized spacial score (nSPS) is 14.6. The molecule has 1 aromatic carbocycles. The van der Waals surface area contributed by atoms with Gasteiger partial charge in [0, 0.05) is 37.2 Å². The van der Waals surface area contributed by atoms with Crippen molar-refractivity contribution >= 4 is 17.5 Å². The van der Waals surface area contributed by atoms with E-state index >= 15 is 0 Å². The molecule has 1 aliphatic rings. The number of rotatable bonds is 5. The molecule has 2 aromatic rings. The van der Waals surface area contributed by atoms with Gasteiger partial charge in [0.1, 0.15) is 5.75 Å². The molecule has 26 heavy (non-hydrogen) atoms. The van der Waals surface area contributed by atoms with Crippen LogP contribution in [-0.4, -0.2) is 54.2 Å². The summed E-state index contributed by atoms with van der Waals surface area (Å²) in [7, 11) is 3.18. The number of piperidine rings is 1. The van der Waals surface area contributed by atoms with Gasteiger partial charge in [-0.15, -0.1) is 0 Å². The van der Waals surface area contributed by atoms with Gasteiger partial charge in [-0.1, -0.05) is 0 Å². The number of likely N-dealkylation sites (tertiary alicyclic amines) is 1. The average molecular weight is 357 g/mol. The van der Waals surface area contributed by atoms with Crippen LogP contribution >= 0.6 is 0 Å². The first-order valence-corrected chi connectivity index (χ1v) is 8.51. The summed E-state index contributed by atoms with van der Waals surface area (Å²) >= 11 is 0. The van der Waals surface area contributed by atoms with Gasteiger partial charge < -0.3 is 25.0 Å². The summed E-state index contributed by atoms with van der Waals surface area (Å²) in [6.45, 7) is 1.34. The molecule has 8 nitrogen and oxygen atoms in total. The lowest BCUT2D eigenvalue weighted by Crippen LogP contribution is -2.44. The van der Waals surface area contributed by atoms with E-state index in [2.05, 4.69) is 20.6 Å². The Morgan fingerprint density at radius 1 is 1.08 bits per heavy atom. The molecule has 0 unspecified atom stereocenters. The van der Waals surface area contributed by atoms with Gasteiger partial charge in [0.05, 0.1) is 14.2 Å². The molecular weight excluding hydrogens is 334 g/mol. The Morgan fingerprint density at radius 3 is 2.42 bits per heavy atom. The lowest BCUT2D eigenvalue weighted by molar-refractivity contribution is 0.197. The molecule has 0 radical (unpaired) electrons. The molecule has 0 saturated carbocycles. The summed E-state index contributed by atoms with van der Waals surface area (Å²) in [5, 5.41) is 6.27. The van der Waals surface area contributed by atoms with Crippen molar-refractivity contribution in [2.24, 2.45) is 0 Å². The number of nitrogens with one attached hydrogen (secondary N) is 2. The zero-order valence-electron chi connectivity index (χ0n) is 14.9. The molecule has 2 N–H and O–H groups in total. The topological polar surface area (TPSA) is 88.6 Å².